The van der Waals surface area contributed by atoms with Gasteiger partial charge in [-0.1, -0.05) is 36.3 Å². The Kier molecular flexibility index (Phi) is 10.1. The van der Waals surface area contributed by atoms with Gasteiger partial charge in [-0.25, -0.2) is 0 Å². The van der Waals surface area contributed by atoms with Crippen LogP contribution >= 0.6 is 0 Å². The maximum absolute atomic E-state index is 12.0. The number of benzene rings is 1. The highest BCUT2D eigenvalue weighted by Crippen LogP contribution is 2.68. The monoisotopic (exact) mass is 592 g/mol. The van der Waals surface area contributed by atoms with E-state index in [1.165, 1.54) is 18.4 Å². The third-order valence-corrected chi connectivity index (χ3v) is 11.6. The van der Waals surface area contributed by atoms with Crippen molar-refractivity contribution in [2.24, 2.45) is 23.2 Å². The predicted octanol–water partition coefficient (Wildman–Crippen LogP) is 6.91. The number of aliphatic hydroxyl groups is 2. The van der Waals surface area contributed by atoms with Gasteiger partial charge in [0, 0.05) is 37.7 Å². The summed E-state index contributed by atoms with van der Waals surface area (Å²) in [5, 5.41) is 19.0. The van der Waals surface area contributed by atoms with Crippen LogP contribution in [-0.2, 0) is 14.2 Å². The molecule has 2 heterocycles. The number of hydrogen-bond acceptors (Lipinski definition) is 6. The summed E-state index contributed by atoms with van der Waals surface area (Å²) in [5.41, 5.74) is 3.97. The van der Waals surface area contributed by atoms with E-state index in [2.05, 4.69) is 50.6 Å². The number of allylic oxidation sites excluding steroid dienone is 2. The van der Waals surface area contributed by atoms with E-state index < -0.39 is 5.60 Å². The Balaban J connectivity index is 0.000000885. The van der Waals surface area contributed by atoms with Crippen molar-refractivity contribution < 1.29 is 29.2 Å². The first-order chi connectivity index (χ1) is 20.9. The van der Waals surface area contributed by atoms with Gasteiger partial charge in [0.15, 0.2) is 12.1 Å². The smallest absolute Gasteiger partial charge is 0.199 e. The average Bonchev–Trinajstić information content (AvgIpc) is 3.60. The van der Waals surface area contributed by atoms with Gasteiger partial charge in [-0.05, 0) is 93.2 Å². The zero-order chi connectivity index (χ0) is 30.7. The molecule has 1 aromatic carbocycles. The van der Waals surface area contributed by atoms with Gasteiger partial charge >= 0.3 is 0 Å². The van der Waals surface area contributed by atoms with E-state index in [-0.39, 0.29) is 17.5 Å². The van der Waals surface area contributed by atoms with E-state index in [4.69, 9.17) is 24.1 Å². The zero-order valence-electron chi connectivity index (χ0n) is 26.3. The average molecular weight is 593 g/mol. The predicted molar refractivity (Wildman–Crippen MR) is 168 cm³/mol. The molecule has 6 aliphatic rings. The van der Waals surface area contributed by atoms with E-state index in [1.807, 2.05) is 6.08 Å². The van der Waals surface area contributed by atoms with Gasteiger partial charge in [-0.15, -0.1) is 19.4 Å². The number of aliphatic hydroxyl groups excluding tert-OH is 1. The minimum absolute atomic E-state index is 0.119. The fourth-order valence-electron chi connectivity index (χ4n) is 9.69. The molecule has 1 spiro atoms. The van der Waals surface area contributed by atoms with Crippen LogP contribution in [0.4, 0.5) is 0 Å². The Labute approximate surface area is 258 Å². The quantitative estimate of drug-likeness (QED) is 0.286. The van der Waals surface area contributed by atoms with Crippen molar-refractivity contribution >= 4 is 0 Å². The Morgan fingerprint density at radius 3 is 2.40 bits per heavy atom. The van der Waals surface area contributed by atoms with Gasteiger partial charge < -0.3 is 29.2 Å². The molecule has 5 fully saturated rings. The summed E-state index contributed by atoms with van der Waals surface area (Å²) in [6.07, 6.45) is 22.2. The molecule has 3 unspecified atom stereocenters. The molecule has 2 aliphatic heterocycles. The third-order valence-electron chi connectivity index (χ3n) is 11.6. The van der Waals surface area contributed by atoms with Crippen molar-refractivity contribution in [2.75, 3.05) is 26.9 Å². The minimum Gasteiger partial charge on any atom is -0.465 e. The lowest BCUT2D eigenvalue weighted by atomic mass is 9.50. The van der Waals surface area contributed by atoms with Crippen LogP contribution < -0.4 is 4.74 Å². The normalized spacial score (nSPS) is 37.5. The van der Waals surface area contributed by atoms with Crippen LogP contribution in [0.15, 0.2) is 48.1 Å². The van der Waals surface area contributed by atoms with Crippen LogP contribution in [0, 0.1) is 36.0 Å². The molecular weight excluding hydrogens is 540 g/mol. The molecule has 2 N–H and O–H groups in total. The molecular formula is C37H52O6. The van der Waals surface area contributed by atoms with Crippen LogP contribution in [0.25, 0.3) is 0 Å². The molecule has 0 bridgehead atoms. The number of hydrogen-bond donors (Lipinski definition) is 2. The highest BCUT2D eigenvalue weighted by Gasteiger charge is 2.63. The fraction of sp³-hybridized carbons (Fsp3) is 0.676. The van der Waals surface area contributed by atoms with Crippen molar-refractivity contribution in [3.63, 3.8) is 0 Å². The number of rotatable bonds is 5. The summed E-state index contributed by atoms with van der Waals surface area (Å²) in [6.45, 7) is 8.66. The maximum atomic E-state index is 12.0. The SMILES string of the molecule is C#C.C=CC[C@]1(O)CCC2[C@@H]3CCC4CC5(CCC4=C3[C@@H](c3ccc(OC4CCCCO4)cc3)C[C@@]21C)OCCO5.CO. The van der Waals surface area contributed by atoms with E-state index >= 15 is 0 Å². The molecule has 0 radical (unpaired) electrons. The molecule has 236 valence electrons. The number of terminal acetylenes is 1. The Bertz CT molecular complexity index is 1140. The lowest BCUT2D eigenvalue weighted by Crippen LogP contribution is -2.52. The minimum atomic E-state index is -0.672. The first kappa shape index (κ1) is 32.3. The van der Waals surface area contributed by atoms with Crippen LogP contribution in [0.5, 0.6) is 5.75 Å². The van der Waals surface area contributed by atoms with Gasteiger partial charge in [0.25, 0.3) is 0 Å². The largest absolute Gasteiger partial charge is 0.465 e. The molecule has 4 aliphatic carbocycles. The summed E-state index contributed by atoms with van der Waals surface area (Å²) in [7, 11) is 1.00. The van der Waals surface area contributed by atoms with Crippen LogP contribution in [-0.4, -0.2) is 54.8 Å². The highest BCUT2D eigenvalue weighted by molar-refractivity contribution is 5.42. The van der Waals surface area contributed by atoms with Gasteiger partial charge in [-0.3, -0.25) is 0 Å². The lowest BCUT2D eigenvalue weighted by Gasteiger charge is -2.56. The summed E-state index contributed by atoms with van der Waals surface area (Å²) in [6, 6.07) is 8.86. The Hall–Kier alpha value is -2.14. The second kappa shape index (κ2) is 13.5. The molecule has 6 nitrogen and oxygen atoms in total. The summed E-state index contributed by atoms with van der Waals surface area (Å²) < 4.78 is 24.4. The topological polar surface area (TPSA) is 77.4 Å². The standard InChI is InChI=1S/C34H46O5.C2H2.CH4O/c1-3-15-33(35)16-14-29-27-12-9-24-21-34(37-19-20-38-34)17-13-26(24)31(27)28(22-32(29,33)2)23-7-10-25(11-8-23)39-30-6-4-5-18-36-30;2*1-2/h3,7-8,10-11,24,27-30,35H,1,4-6,9,12-22H2,2H3;1-2H;2H,1H3/t24?,27-,28+,29?,30?,32-,33-;;/m0../s1. The molecule has 43 heavy (non-hydrogen) atoms. The van der Waals surface area contributed by atoms with Crippen molar-refractivity contribution in [3.05, 3.63) is 53.6 Å². The van der Waals surface area contributed by atoms with Gasteiger partial charge in [0.2, 0.25) is 0 Å². The van der Waals surface area contributed by atoms with E-state index in [1.54, 1.807) is 11.1 Å². The van der Waals surface area contributed by atoms with Crippen molar-refractivity contribution in [1.29, 1.82) is 0 Å². The van der Waals surface area contributed by atoms with Crippen LogP contribution in [0.2, 0.25) is 0 Å². The van der Waals surface area contributed by atoms with Crippen molar-refractivity contribution in [2.45, 2.75) is 108 Å². The first-order valence-corrected chi connectivity index (χ1v) is 16.4. The molecule has 0 aromatic heterocycles. The van der Waals surface area contributed by atoms with Crippen LogP contribution in [0.1, 0.15) is 95.5 Å². The zero-order valence-corrected chi connectivity index (χ0v) is 26.3. The third kappa shape index (κ3) is 5.85. The summed E-state index contributed by atoms with van der Waals surface area (Å²) in [4.78, 5) is 0. The highest BCUT2D eigenvalue weighted by atomic mass is 16.7. The Morgan fingerprint density at radius 2 is 1.72 bits per heavy atom. The molecule has 6 heteroatoms. The molecule has 3 saturated carbocycles. The second-order valence-corrected chi connectivity index (χ2v) is 13.5. The van der Waals surface area contributed by atoms with Crippen molar-refractivity contribution in [3.8, 4) is 18.6 Å². The van der Waals surface area contributed by atoms with Crippen molar-refractivity contribution in [1.82, 2.24) is 0 Å². The number of ether oxygens (including phenoxy) is 4. The van der Waals surface area contributed by atoms with Gasteiger partial charge in [0.05, 0.1) is 25.4 Å². The fourth-order valence-corrected chi connectivity index (χ4v) is 9.69. The summed E-state index contributed by atoms with van der Waals surface area (Å²) in [5.74, 6) is 2.49. The Morgan fingerprint density at radius 1 is 0.977 bits per heavy atom. The first-order valence-electron chi connectivity index (χ1n) is 16.4. The molecule has 1 aromatic rings. The molecule has 7 atom stereocenters. The second-order valence-electron chi connectivity index (χ2n) is 13.5. The maximum Gasteiger partial charge on any atom is 0.199 e. The van der Waals surface area contributed by atoms with Gasteiger partial charge in [0.1, 0.15) is 5.75 Å². The lowest BCUT2D eigenvalue weighted by molar-refractivity contribution is -0.181. The molecule has 2 saturated heterocycles. The van der Waals surface area contributed by atoms with Gasteiger partial charge in [-0.2, -0.15) is 0 Å². The van der Waals surface area contributed by atoms with Crippen LogP contribution in [0.3, 0.4) is 0 Å². The van der Waals surface area contributed by atoms with E-state index in [0.29, 0.717) is 30.1 Å². The number of fused-ring (bicyclic) bond motifs is 4. The molecule has 7 rings (SSSR count). The van der Waals surface area contributed by atoms with E-state index in [0.717, 1.165) is 90.5 Å². The molecule has 0 amide bonds. The summed E-state index contributed by atoms with van der Waals surface area (Å²) >= 11 is 0. The van der Waals surface area contributed by atoms with E-state index in [9.17, 15) is 5.11 Å².